The topological polar surface area (TPSA) is 118 Å². The summed E-state index contributed by atoms with van der Waals surface area (Å²) >= 11 is 6.40. The van der Waals surface area contributed by atoms with Gasteiger partial charge in [-0.3, -0.25) is 0 Å². The molecule has 3 N–H and O–H groups in total. The van der Waals surface area contributed by atoms with E-state index >= 15 is 0 Å². The van der Waals surface area contributed by atoms with Gasteiger partial charge in [0, 0.05) is 25.2 Å². The number of ether oxygens (including phenoxy) is 2. The lowest BCUT2D eigenvalue weighted by Gasteiger charge is -2.17. The zero-order chi connectivity index (χ0) is 27.4. The number of likely N-dealkylation sites (N-methyl/N-ethyl adjacent to an activating group) is 1. The van der Waals surface area contributed by atoms with E-state index in [0.29, 0.717) is 17.1 Å². The first-order valence-electron chi connectivity index (χ1n) is 13.0. The molecule has 39 heavy (non-hydrogen) atoms. The molecule has 2 aromatic carbocycles. The third kappa shape index (κ3) is 6.73. The number of nitrogens with one attached hydrogen (secondary N) is 3. The van der Waals surface area contributed by atoms with Gasteiger partial charge in [-0.2, -0.15) is 4.98 Å². The highest BCUT2D eigenvalue weighted by atomic mass is 35.5. The molecule has 0 spiro atoms. The van der Waals surface area contributed by atoms with E-state index in [1.807, 2.05) is 18.2 Å². The van der Waals surface area contributed by atoms with Gasteiger partial charge in [0.05, 0.1) is 24.7 Å². The molecular weight excluding hydrogens is 540 g/mol. The second-order valence-electron chi connectivity index (χ2n) is 9.89. The van der Waals surface area contributed by atoms with Gasteiger partial charge in [0.15, 0.2) is 5.82 Å². The zero-order valence-corrected chi connectivity index (χ0v) is 23.6. The van der Waals surface area contributed by atoms with Crippen molar-refractivity contribution < 1.29 is 17.9 Å². The van der Waals surface area contributed by atoms with Gasteiger partial charge in [0.1, 0.15) is 27.5 Å². The summed E-state index contributed by atoms with van der Waals surface area (Å²) in [7, 11) is -0.0726. The largest absolute Gasteiger partial charge is 0.494 e. The normalized spacial score (nSPS) is 18.3. The molecule has 3 aromatic rings. The number of para-hydroxylation sites is 1. The predicted molar refractivity (Wildman–Crippen MR) is 152 cm³/mol. The molecule has 208 valence electrons. The smallest absolute Gasteiger partial charge is 0.242 e. The first kappa shape index (κ1) is 27.4. The molecule has 2 fully saturated rings. The Kier molecular flexibility index (Phi) is 8.41. The molecule has 2 heterocycles. The van der Waals surface area contributed by atoms with Gasteiger partial charge >= 0.3 is 0 Å². The summed E-state index contributed by atoms with van der Waals surface area (Å²) in [5.41, 5.74) is 1.01. The summed E-state index contributed by atoms with van der Waals surface area (Å²) in [6.45, 7) is 1.90. The Hall–Kier alpha value is -3.12. The average Bonchev–Trinajstić information content (AvgIpc) is 3.58. The van der Waals surface area contributed by atoms with Gasteiger partial charge in [0.25, 0.3) is 0 Å². The molecule has 2 aliphatic rings. The third-order valence-corrected chi connectivity index (χ3v) is 8.78. The van der Waals surface area contributed by atoms with Crippen LogP contribution in [0.2, 0.25) is 5.02 Å². The van der Waals surface area contributed by atoms with Crippen molar-refractivity contribution in [1.82, 2.24) is 19.6 Å². The van der Waals surface area contributed by atoms with E-state index in [1.54, 1.807) is 31.4 Å². The fraction of sp³-hybridized carbons (Fsp3) is 0.407. The van der Waals surface area contributed by atoms with E-state index in [1.165, 1.54) is 6.20 Å². The fourth-order valence-electron chi connectivity index (χ4n) is 4.93. The van der Waals surface area contributed by atoms with Gasteiger partial charge in [-0.25, -0.2) is 18.1 Å². The predicted octanol–water partition coefficient (Wildman–Crippen LogP) is 4.93. The number of halogens is 1. The van der Waals surface area contributed by atoms with Gasteiger partial charge in [-0.05, 0) is 50.6 Å². The van der Waals surface area contributed by atoms with Gasteiger partial charge in [0.2, 0.25) is 16.0 Å². The molecule has 0 bridgehead atoms. The zero-order valence-electron chi connectivity index (χ0n) is 22.0. The van der Waals surface area contributed by atoms with Gasteiger partial charge < -0.3 is 25.0 Å². The molecule has 1 atom stereocenters. The molecule has 12 heteroatoms. The minimum Gasteiger partial charge on any atom is -0.494 e. The molecule has 10 nitrogen and oxygen atoms in total. The Bertz CT molecular complexity index is 1420. The van der Waals surface area contributed by atoms with Crippen LogP contribution >= 0.6 is 11.6 Å². The average molecular weight is 573 g/mol. The molecule has 0 amide bonds. The van der Waals surface area contributed by atoms with E-state index in [4.69, 9.17) is 21.1 Å². The van der Waals surface area contributed by atoms with Crippen molar-refractivity contribution in [2.75, 3.05) is 37.9 Å². The summed E-state index contributed by atoms with van der Waals surface area (Å²) in [6.07, 6.45) is 6.32. The maximum Gasteiger partial charge on any atom is 0.242 e. The van der Waals surface area contributed by atoms with Crippen LogP contribution in [0, 0.1) is 0 Å². The van der Waals surface area contributed by atoms with E-state index in [2.05, 4.69) is 37.3 Å². The first-order valence-corrected chi connectivity index (χ1v) is 14.9. The summed E-state index contributed by atoms with van der Waals surface area (Å²) < 4.78 is 40.8. The molecule has 5 rings (SSSR count). The second-order valence-corrected chi connectivity index (χ2v) is 12.0. The number of aromatic nitrogens is 2. The van der Waals surface area contributed by atoms with Crippen molar-refractivity contribution in [1.29, 1.82) is 0 Å². The van der Waals surface area contributed by atoms with Crippen LogP contribution in [0.25, 0.3) is 0 Å². The number of anilines is 4. The molecule has 1 aliphatic heterocycles. The van der Waals surface area contributed by atoms with Crippen molar-refractivity contribution in [3.63, 3.8) is 0 Å². The van der Waals surface area contributed by atoms with Crippen LogP contribution in [-0.4, -0.2) is 62.7 Å². The maximum absolute atomic E-state index is 13.2. The molecule has 1 saturated carbocycles. The third-order valence-electron chi connectivity index (χ3n) is 6.92. The van der Waals surface area contributed by atoms with E-state index in [9.17, 15) is 8.42 Å². The number of hydrogen-bond donors (Lipinski definition) is 3. The SMILES string of the molecule is COc1cc(O[C@@H]2CCN(C)C2)ccc1Nc1ncc(Cl)c(Nc2ccccc2S(=O)(=O)NC2CCCC2)n1. The highest BCUT2D eigenvalue weighted by Gasteiger charge is 2.25. The van der Waals surface area contributed by atoms with Crippen molar-refractivity contribution >= 4 is 44.8 Å². The summed E-state index contributed by atoms with van der Waals surface area (Å²) in [5, 5.41) is 6.48. The van der Waals surface area contributed by atoms with Crippen molar-refractivity contribution in [3.05, 3.63) is 53.7 Å². The van der Waals surface area contributed by atoms with Crippen LogP contribution in [0.15, 0.2) is 53.6 Å². The van der Waals surface area contributed by atoms with Crippen LogP contribution in [0.5, 0.6) is 11.5 Å². The van der Waals surface area contributed by atoms with E-state index in [0.717, 1.165) is 50.9 Å². The lowest BCUT2D eigenvalue weighted by molar-refractivity contribution is 0.207. The minimum atomic E-state index is -3.74. The van der Waals surface area contributed by atoms with Gasteiger partial charge in [-0.15, -0.1) is 0 Å². The van der Waals surface area contributed by atoms with Crippen LogP contribution in [-0.2, 0) is 10.0 Å². The fourth-order valence-corrected chi connectivity index (χ4v) is 6.53. The number of nitrogens with zero attached hydrogens (tertiary/aromatic N) is 3. The molecular formula is C27H33ClN6O4S. The first-order chi connectivity index (χ1) is 18.8. The molecule has 0 unspecified atom stereocenters. The molecule has 1 aliphatic carbocycles. The lowest BCUT2D eigenvalue weighted by atomic mass is 10.2. The Labute approximate surface area is 234 Å². The van der Waals surface area contributed by atoms with E-state index < -0.39 is 10.0 Å². The van der Waals surface area contributed by atoms with Crippen LogP contribution in [0.3, 0.4) is 0 Å². The quantitative estimate of drug-likeness (QED) is 0.311. The van der Waals surface area contributed by atoms with Crippen molar-refractivity contribution in [2.45, 2.75) is 49.1 Å². The second kappa shape index (κ2) is 12.0. The molecule has 1 aromatic heterocycles. The number of benzene rings is 2. The number of likely N-dealkylation sites (tertiary alicyclic amines) is 1. The summed E-state index contributed by atoms with van der Waals surface area (Å²) in [6, 6.07) is 12.2. The summed E-state index contributed by atoms with van der Waals surface area (Å²) in [5.74, 6) is 1.82. The maximum atomic E-state index is 13.2. The standard InChI is InChI=1S/C27H33ClN6O4S/c1-34-14-13-20(17-34)38-19-11-12-22(24(15-19)37-2)31-27-29-16-21(28)26(32-27)30-23-9-5-6-10-25(23)39(35,36)33-18-7-3-4-8-18/h5-6,9-12,15-16,18,20,33H,3-4,7-8,13-14,17H2,1-2H3,(H2,29,30,31,32)/t20-/m1/s1. The molecule has 1 saturated heterocycles. The van der Waals surface area contributed by atoms with Crippen molar-refractivity contribution in [2.24, 2.45) is 0 Å². The highest BCUT2D eigenvalue weighted by molar-refractivity contribution is 7.89. The summed E-state index contributed by atoms with van der Waals surface area (Å²) in [4.78, 5) is 11.2. The Morgan fingerprint density at radius 2 is 1.85 bits per heavy atom. The monoisotopic (exact) mass is 572 g/mol. The van der Waals surface area contributed by atoms with E-state index in [-0.39, 0.29) is 33.8 Å². The minimum absolute atomic E-state index is 0.0484. The Morgan fingerprint density at radius 3 is 2.59 bits per heavy atom. The Morgan fingerprint density at radius 1 is 1.05 bits per heavy atom. The number of hydrogen-bond acceptors (Lipinski definition) is 9. The molecule has 0 radical (unpaired) electrons. The highest BCUT2D eigenvalue weighted by Crippen LogP contribution is 2.34. The van der Waals surface area contributed by atoms with Crippen LogP contribution < -0.4 is 24.8 Å². The Balaban J connectivity index is 1.33. The van der Waals surface area contributed by atoms with Crippen LogP contribution in [0.1, 0.15) is 32.1 Å². The van der Waals surface area contributed by atoms with Crippen LogP contribution in [0.4, 0.5) is 23.1 Å². The lowest BCUT2D eigenvalue weighted by Crippen LogP contribution is -2.33. The van der Waals surface area contributed by atoms with Crippen molar-refractivity contribution in [3.8, 4) is 11.5 Å². The number of sulfonamides is 1. The number of rotatable bonds is 10. The van der Waals surface area contributed by atoms with Gasteiger partial charge in [-0.1, -0.05) is 36.6 Å². The number of methoxy groups -OCH3 is 1.